The second-order valence-corrected chi connectivity index (χ2v) is 6.09. The van der Waals surface area contributed by atoms with Crippen molar-refractivity contribution in [3.8, 4) is 0 Å². The molecule has 0 unspecified atom stereocenters. The molecule has 0 saturated carbocycles. The molecule has 120 valence electrons. The Morgan fingerprint density at radius 3 is 2.22 bits per heavy atom. The molecule has 1 aromatic carbocycles. The lowest BCUT2D eigenvalue weighted by molar-refractivity contribution is -0.125. The lowest BCUT2D eigenvalue weighted by Gasteiger charge is -2.03. The molecule has 1 aromatic heterocycles. The number of Topliss-reactive ketones (excluding diaryl/α,β-unsaturated/α-hetero) is 2. The Bertz CT molecular complexity index is 769. The number of rotatable bonds is 6. The van der Waals surface area contributed by atoms with Crippen molar-refractivity contribution in [1.82, 2.24) is 4.98 Å². The summed E-state index contributed by atoms with van der Waals surface area (Å²) in [5.74, 6) is -1.22. The normalized spacial score (nSPS) is 10.3. The van der Waals surface area contributed by atoms with Crippen LogP contribution in [0.15, 0.2) is 18.2 Å². The molecule has 2 N–H and O–H groups in total. The van der Waals surface area contributed by atoms with Gasteiger partial charge < -0.3 is 10.6 Å². The molecular weight excluding hydrogens is 318 g/mol. The molecule has 8 heteroatoms. The monoisotopic (exact) mass is 333 g/mol. The van der Waals surface area contributed by atoms with Crippen LogP contribution in [0.4, 0.5) is 10.8 Å². The first-order valence-electron chi connectivity index (χ1n) is 6.82. The highest BCUT2D eigenvalue weighted by molar-refractivity contribution is 7.22. The molecule has 1 heterocycles. The Balaban J connectivity index is 2.11. The molecule has 0 radical (unpaired) electrons. The number of carbonyl (C=O) groups excluding carboxylic acids is 4. The first kappa shape index (κ1) is 16.8. The first-order valence-corrected chi connectivity index (χ1v) is 7.64. The van der Waals surface area contributed by atoms with Crippen LogP contribution in [0.3, 0.4) is 0 Å². The van der Waals surface area contributed by atoms with E-state index in [1.54, 1.807) is 18.2 Å². The minimum Gasteiger partial charge on any atom is -0.326 e. The second-order valence-electron chi connectivity index (χ2n) is 5.06. The Labute approximate surface area is 136 Å². The molecule has 23 heavy (non-hydrogen) atoms. The molecule has 0 saturated heterocycles. The fraction of sp³-hybridized carbons (Fsp3) is 0.267. The van der Waals surface area contributed by atoms with Gasteiger partial charge in [0.05, 0.1) is 23.1 Å². The zero-order valence-corrected chi connectivity index (χ0v) is 13.5. The molecule has 0 aliphatic heterocycles. The van der Waals surface area contributed by atoms with E-state index in [2.05, 4.69) is 15.6 Å². The minimum atomic E-state index is -0.411. The van der Waals surface area contributed by atoms with Gasteiger partial charge >= 0.3 is 0 Å². The third-order valence-electron chi connectivity index (χ3n) is 2.74. The maximum atomic E-state index is 11.6. The van der Waals surface area contributed by atoms with Crippen LogP contribution in [-0.2, 0) is 19.2 Å². The molecule has 0 bridgehead atoms. The van der Waals surface area contributed by atoms with E-state index in [0.29, 0.717) is 16.3 Å². The zero-order chi connectivity index (χ0) is 17.0. The van der Waals surface area contributed by atoms with Crippen molar-refractivity contribution in [2.24, 2.45) is 0 Å². The maximum Gasteiger partial charge on any atom is 0.233 e. The Morgan fingerprint density at radius 1 is 1.00 bits per heavy atom. The fourth-order valence-electron chi connectivity index (χ4n) is 1.88. The van der Waals surface area contributed by atoms with Gasteiger partial charge in [-0.05, 0) is 32.0 Å². The molecule has 0 fully saturated rings. The van der Waals surface area contributed by atoms with Gasteiger partial charge in [0, 0.05) is 5.69 Å². The fourth-order valence-corrected chi connectivity index (χ4v) is 2.80. The van der Waals surface area contributed by atoms with Gasteiger partial charge in [-0.3, -0.25) is 19.2 Å². The van der Waals surface area contributed by atoms with Crippen LogP contribution in [0.1, 0.15) is 26.7 Å². The smallest absolute Gasteiger partial charge is 0.233 e. The van der Waals surface area contributed by atoms with E-state index in [-0.39, 0.29) is 30.3 Å². The zero-order valence-electron chi connectivity index (χ0n) is 12.6. The van der Waals surface area contributed by atoms with Crippen LogP contribution in [0.2, 0.25) is 0 Å². The van der Waals surface area contributed by atoms with Gasteiger partial charge in [0.15, 0.2) is 5.13 Å². The van der Waals surface area contributed by atoms with Crippen molar-refractivity contribution in [1.29, 1.82) is 0 Å². The molecule has 0 spiro atoms. The summed E-state index contributed by atoms with van der Waals surface area (Å²) in [6, 6.07) is 5.09. The summed E-state index contributed by atoms with van der Waals surface area (Å²) in [5, 5.41) is 5.58. The summed E-state index contributed by atoms with van der Waals surface area (Å²) in [5.41, 5.74) is 1.21. The maximum absolute atomic E-state index is 11.6. The number of aromatic nitrogens is 1. The summed E-state index contributed by atoms with van der Waals surface area (Å²) < 4.78 is 0.767. The van der Waals surface area contributed by atoms with E-state index in [1.165, 1.54) is 25.2 Å². The Kier molecular flexibility index (Phi) is 5.17. The third kappa shape index (κ3) is 4.96. The predicted molar refractivity (Wildman–Crippen MR) is 87.5 cm³/mol. The molecule has 2 aromatic rings. The van der Waals surface area contributed by atoms with Crippen LogP contribution in [-0.4, -0.2) is 28.4 Å². The van der Waals surface area contributed by atoms with Gasteiger partial charge in [-0.15, -0.1) is 0 Å². The van der Waals surface area contributed by atoms with Crippen molar-refractivity contribution >= 4 is 55.8 Å². The SMILES string of the molecule is CC(=O)CC(=O)Nc1ccc2nc(NC(=O)CC(C)=O)sc2c1. The second kappa shape index (κ2) is 7.10. The van der Waals surface area contributed by atoms with Crippen molar-refractivity contribution < 1.29 is 19.2 Å². The Morgan fingerprint density at radius 2 is 1.61 bits per heavy atom. The number of nitrogens with one attached hydrogen (secondary N) is 2. The molecule has 2 amide bonds. The van der Waals surface area contributed by atoms with Gasteiger partial charge in [-0.2, -0.15) is 0 Å². The van der Waals surface area contributed by atoms with E-state index in [4.69, 9.17) is 0 Å². The van der Waals surface area contributed by atoms with E-state index in [0.717, 1.165) is 4.70 Å². The molecule has 0 atom stereocenters. The quantitative estimate of drug-likeness (QED) is 0.788. The summed E-state index contributed by atoms with van der Waals surface area (Å²) in [6.07, 6.45) is -0.366. The van der Waals surface area contributed by atoms with Gasteiger partial charge in [0.2, 0.25) is 11.8 Å². The van der Waals surface area contributed by atoms with Crippen LogP contribution >= 0.6 is 11.3 Å². The van der Waals surface area contributed by atoms with E-state index >= 15 is 0 Å². The number of amides is 2. The highest BCUT2D eigenvalue weighted by Crippen LogP contribution is 2.28. The Hall–Kier alpha value is -2.61. The van der Waals surface area contributed by atoms with E-state index in [1.807, 2.05) is 0 Å². The summed E-state index contributed by atoms with van der Waals surface area (Å²) >= 11 is 1.24. The van der Waals surface area contributed by atoms with Gasteiger partial charge in [0.1, 0.15) is 11.6 Å². The van der Waals surface area contributed by atoms with Crippen LogP contribution in [0, 0.1) is 0 Å². The first-order chi connectivity index (χ1) is 10.8. The minimum absolute atomic E-state index is 0.174. The molecular formula is C15H15N3O4S. The summed E-state index contributed by atoms with van der Waals surface area (Å²) in [6.45, 7) is 2.69. The predicted octanol–water partition coefficient (Wildman–Crippen LogP) is 2.13. The van der Waals surface area contributed by atoms with E-state index in [9.17, 15) is 19.2 Å². The van der Waals surface area contributed by atoms with Gasteiger partial charge in [-0.25, -0.2) is 4.98 Å². The number of anilines is 2. The summed E-state index contributed by atoms with van der Waals surface area (Å²) in [4.78, 5) is 49.2. The van der Waals surface area contributed by atoms with Crippen molar-refractivity contribution in [2.45, 2.75) is 26.7 Å². The van der Waals surface area contributed by atoms with E-state index < -0.39 is 5.91 Å². The number of hydrogen-bond donors (Lipinski definition) is 2. The average Bonchev–Trinajstić information content (AvgIpc) is 2.77. The molecule has 0 aliphatic carbocycles. The van der Waals surface area contributed by atoms with Crippen molar-refractivity contribution in [3.63, 3.8) is 0 Å². The average molecular weight is 333 g/mol. The highest BCUT2D eigenvalue weighted by Gasteiger charge is 2.11. The number of benzene rings is 1. The van der Waals surface area contributed by atoms with Crippen molar-refractivity contribution in [3.05, 3.63) is 18.2 Å². The van der Waals surface area contributed by atoms with Crippen molar-refractivity contribution in [2.75, 3.05) is 10.6 Å². The lowest BCUT2D eigenvalue weighted by atomic mass is 10.2. The standard InChI is InChI=1S/C15H15N3O4S/c1-8(19)5-13(21)16-10-3-4-11-12(7-10)23-15(17-11)18-14(22)6-9(2)20/h3-4,7H,5-6H2,1-2H3,(H,16,21)(H,17,18,22). The number of carbonyl (C=O) groups is 4. The molecule has 7 nitrogen and oxygen atoms in total. The van der Waals surface area contributed by atoms with Gasteiger partial charge in [0.25, 0.3) is 0 Å². The molecule has 0 aliphatic rings. The number of nitrogens with zero attached hydrogens (tertiary/aromatic N) is 1. The lowest BCUT2D eigenvalue weighted by Crippen LogP contribution is -2.14. The number of ketones is 2. The molecule has 2 rings (SSSR count). The topological polar surface area (TPSA) is 105 Å². The number of hydrogen-bond acceptors (Lipinski definition) is 6. The summed E-state index contributed by atoms with van der Waals surface area (Å²) in [7, 11) is 0. The number of fused-ring (bicyclic) bond motifs is 1. The largest absolute Gasteiger partial charge is 0.326 e. The number of thiazole rings is 1. The van der Waals surface area contributed by atoms with Crippen LogP contribution in [0.5, 0.6) is 0 Å². The third-order valence-corrected chi connectivity index (χ3v) is 3.67. The van der Waals surface area contributed by atoms with Crippen LogP contribution in [0.25, 0.3) is 10.2 Å². The highest BCUT2D eigenvalue weighted by atomic mass is 32.1. The van der Waals surface area contributed by atoms with Gasteiger partial charge in [-0.1, -0.05) is 11.3 Å². The van der Waals surface area contributed by atoms with Crippen LogP contribution < -0.4 is 10.6 Å².